The molecule has 4 nitrogen and oxygen atoms in total. The van der Waals surface area contributed by atoms with Crippen molar-refractivity contribution in [3.63, 3.8) is 0 Å². The summed E-state index contributed by atoms with van der Waals surface area (Å²) in [6.07, 6.45) is 4.93. The van der Waals surface area contributed by atoms with E-state index in [0.717, 1.165) is 47.3 Å². The van der Waals surface area contributed by atoms with Crippen LogP contribution in [0.3, 0.4) is 0 Å². The van der Waals surface area contributed by atoms with Gasteiger partial charge in [-0.25, -0.2) is 4.79 Å². The van der Waals surface area contributed by atoms with Gasteiger partial charge in [-0.15, -0.1) is 0 Å². The predicted octanol–water partition coefficient (Wildman–Crippen LogP) is 4.39. The van der Waals surface area contributed by atoms with Gasteiger partial charge >= 0.3 is 6.03 Å². The minimum atomic E-state index is -0.529. The molecule has 1 aliphatic rings. The second-order valence-corrected chi connectivity index (χ2v) is 6.26. The molecule has 3 N–H and O–H groups in total. The number of carbonyl (C=O) groups excluding carboxylic acids is 1. The SMILES string of the molecule is NC(=O)Nc1c(-c2ccnc(-c3ccccc3)c2)ccc2c1CCC2. The summed E-state index contributed by atoms with van der Waals surface area (Å²) < 4.78 is 0. The van der Waals surface area contributed by atoms with Crippen molar-refractivity contribution in [3.05, 3.63) is 71.9 Å². The number of carbonyl (C=O) groups is 1. The van der Waals surface area contributed by atoms with Crippen molar-refractivity contribution in [1.82, 2.24) is 4.98 Å². The molecular formula is C21H19N3O. The molecule has 1 heterocycles. The Morgan fingerprint density at radius 1 is 1.00 bits per heavy atom. The Hall–Kier alpha value is -3.14. The highest BCUT2D eigenvalue weighted by Crippen LogP contribution is 2.38. The lowest BCUT2D eigenvalue weighted by molar-refractivity contribution is 0.259. The summed E-state index contributed by atoms with van der Waals surface area (Å²) >= 11 is 0. The first kappa shape index (κ1) is 15.4. The number of aryl methyl sites for hydroxylation is 1. The van der Waals surface area contributed by atoms with Crippen molar-refractivity contribution in [2.75, 3.05) is 5.32 Å². The number of fused-ring (bicyclic) bond motifs is 1. The van der Waals surface area contributed by atoms with Gasteiger partial charge in [0.2, 0.25) is 0 Å². The number of urea groups is 1. The van der Waals surface area contributed by atoms with Crippen LogP contribution in [0.15, 0.2) is 60.8 Å². The van der Waals surface area contributed by atoms with Crippen molar-refractivity contribution in [2.24, 2.45) is 5.73 Å². The minimum Gasteiger partial charge on any atom is -0.351 e. The molecule has 0 saturated carbocycles. The lowest BCUT2D eigenvalue weighted by Gasteiger charge is -2.15. The number of benzene rings is 2. The number of anilines is 1. The molecule has 0 aliphatic heterocycles. The lowest BCUT2D eigenvalue weighted by Crippen LogP contribution is -2.20. The minimum absolute atomic E-state index is 0.529. The van der Waals surface area contributed by atoms with E-state index in [4.69, 9.17) is 5.73 Å². The third kappa shape index (κ3) is 2.98. The Kier molecular flexibility index (Phi) is 3.94. The largest absolute Gasteiger partial charge is 0.351 e. The second-order valence-electron chi connectivity index (χ2n) is 6.26. The average Bonchev–Trinajstić information content (AvgIpc) is 3.12. The Labute approximate surface area is 146 Å². The Morgan fingerprint density at radius 2 is 1.84 bits per heavy atom. The molecule has 0 spiro atoms. The predicted molar refractivity (Wildman–Crippen MR) is 100 cm³/mol. The van der Waals surface area contributed by atoms with E-state index in [2.05, 4.69) is 28.5 Å². The zero-order chi connectivity index (χ0) is 17.2. The molecule has 2 aromatic carbocycles. The molecule has 0 fully saturated rings. The van der Waals surface area contributed by atoms with Crippen LogP contribution in [-0.4, -0.2) is 11.0 Å². The van der Waals surface area contributed by atoms with Crippen LogP contribution in [0.5, 0.6) is 0 Å². The van der Waals surface area contributed by atoms with Gasteiger partial charge in [0, 0.05) is 17.3 Å². The summed E-state index contributed by atoms with van der Waals surface area (Å²) in [4.78, 5) is 16.0. The zero-order valence-corrected chi connectivity index (χ0v) is 13.8. The molecule has 1 aromatic heterocycles. The van der Waals surface area contributed by atoms with Crippen molar-refractivity contribution in [3.8, 4) is 22.4 Å². The maximum atomic E-state index is 11.5. The summed E-state index contributed by atoms with van der Waals surface area (Å²) in [5.74, 6) is 0. The van der Waals surface area contributed by atoms with Crippen LogP contribution in [0.4, 0.5) is 10.5 Å². The number of nitrogens with two attached hydrogens (primary N) is 1. The fourth-order valence-corrected chi connectivity index (χ4v) is 3.54. The van der Waals surface area contributed by atoms with Crippen LogP contribution in [0.25, 0.3) is 22.4 Å². The highest BCUT2D eigenvalue weighted by atomic mass is 16.2. The van der Waals surface area contributed by atoms with Crippen molar-refractivity contribution >= 4 is 11.7 Å². The van der Waals surface area contributed by atoms with Crippen LogP contribution in [0, 0.1) is 0 Å². The third-order valence-electron chi connectivity index (χ3n) is 4.67. The van der Waals surface area contributed by atoms with Gasteiger partial charge in [0.15, 0.2) is 0 Å². The maximum Gasteiger partial charge on any atom is 0.316 e. The fraction of sp³-hybridized carbons (Fsp3) is 0.143. The molecule has 0 bridgehead atoms. The molecule has 4 heteroatoms. The van der Waals surface area contributed by atoms with E-state index in [9.17, 15) is 4.79 Å². The van der Waals surface area contributed by atoms with Crippen molar-refractivity contribution < 1.29 is 4.79 Å². The van der Waals surface area contributed by atoms with Crippen molar-refractivity contribution in [2.45, 2.75) is 19.3 Å². The van der Waals surface area contributed by atoms with Gasteiger partial charge in [-0.2, -0.15) is 0 Å². The van der Waals surface area contributed by atoms with E-state index < -0.39 is 6.03 Å². The quantitative estimate of drug-likeness (QED) is 0.748. The fourth-order valence-electron chi connectivity index (χ4n) is 3.54. The summed E-state index contributed by atoms with van der Waals surface area (Å²) in [5.41, 5.74) is 12.7. The van der Waals surface area contributed by atoms with E-state index in [1.165, 1.54) is 11.1 Å². The van der Waals surface area contributed by atoms with Gasteiger partial charge in [-0.3, -0.25) is 4.98 Å². The van der Waals surface area contributed by atoms with Crippen LogP contribution >= 0.6 is 0 Å². The number of hydrogen-bond acceptors (Lipinski definition) is 2. The Balaban J connectivity index is 1.84. The summed E-state index contributed by atoms with van der Waals surface area (Å²) in [5, 5.41) is 2.85. The molecule has 25 heavy (non-hydrogen) atoms. The third-order valence-corrected chi connectivity index (χ3v) is 4.67. The van der Waals surface area contributed by atoms with Gasteiger partial charge in [0.1, 0.15) is 0 Å². The zero-order valence-electron chi connectivity index (χ0n) is 13.8. The molecule has 124 valence electrons. The smallest absolute Gasteiger partial charge is 0.316 e. The molecule has 0 radical (unpaired) electrons. The molecule has 2 amide bonds. The average molecular weight is 329 g/mol. The van der Waals surface area contributed by atoms with Crippen LogP contribution in [0.1, 0.15) is 17.5 Å². The van der Waals surface area contributed by atoms with E-state index in [-0.39, 0.29) is 0 Å². The van der Waals surface area contributed by atoms with Gasteiger partial charge in [-0.05, 0) is 48.1 Å². The van der Waals surface area contributed by atoms with E-state index in [1.807, 2.05) is 36.4 Å². The van der Waals surface area contributed by atoms with E-state index in [0.29, 0.717) is 0 Å². The van der Waals surface area contributed by atoms with Gasteiger partial charge in [0.05, 0.1) is 11.4 Å². The van der Waals surface area contributed by atoms with Gasteiger partial charge in [0.25, 0.3) is 0 Å². The molecule has 0 unspecified atom stereocenters. The standard InChI is InChI=1S/C21H19N3O/c22-21(25)24-20-17-8-4-7-14(17)9-10-18(20)16-11-12-23-19(13-16)15-5-2-1-3-6-15/h1-3,5-6,9-13H,4,7-8H2,(H3,22,24,25). The molecule has 1 aliphatic carbocycles. The number of hydrogen-bond donors (Lipinski definition) is 2. The van der Waals surface area contributed by atoms with E-state index in [1.54, 1.807) is 6.20 Å². The summed E-state index contributed by atoms with van der Waals surface area (Å²) in [6, 6.07) is 17.8. The van der Waals surface area contributed by atoms with Gasteiger partial charge in [-0.1, -0.05) is 42.5 Å². The molecule has 3 aromatic rings. The van der Waals surface area contributed by atoms with Gasteiger partial charge < -0.3 is 11.1 Å². The first-order chi connectivity index (χ1) is 12.2. The monoisotopic (exact) mass is 329 g/mol. The first-order valence-corrected chi connectivity index (χ1v) is 8.45. The molecule has 4 rings (SSSR count). The number of nitrogens with one attached hydrogen (secondary N) is 1. The summed E-state index contributed by atoms with van der Waals surface area (Å²) in [6.45, 7) is 0. The molecule has 0 saturated heterocycles. The number of pyridine rings is 1. The Morgan fingerprint density at radius 3 is 2.64 bits per heavy atom. The number of rotatable bonds is 3. The first-order valence-electron chi connectivity index (χ1n) is 8.45. The topological polar surface area (TPSA) is 68.0 Å². The number of aromatic nitrogens is 1. The molecule has 0 atom stereocenters. The number of nitrogens with zero attached hydrogens (tertiary/aromatic N) is 1. The van der Waals surface area contributed by atoms with E-state index >= 15 is 0 Å². The number of amides is 2. The maximum absolute atomic E-state index is 11.5. The highest BCUT2D eigenvalue weighted by molar-refractivity contribution is 5.95. The lowest BCUT2D eigenvalue weighted by atomic mass is 9.96. The van der Waals surface area contributed by atoms with Crippen LogP contribution < -0.4 is 11.1 Å². The second kappa shape index (κ2) is 6.40. The number of primary amides is 1. The highest BCUT2D eigenvalue weighted by Gasteiger charge is 2.20. The van der Waals surface area contributed by atoms with Crippen molar-refractivity contribution in [1.29, 1.82) is 0 Å². The normalized spacial score (nSPS) is 12.6. The van der Waals surface area contributed by atoms with Crippen LogP contribution in [0.2, 0.25) is 0 Å². The van der Waals surface area contributed by atoms with Crippen LogP contribution in [-0.2, 0) is 12.8 Å². The molecular weight excluding hydrogens is 310 g/mol. The Bertz CT molecular complexity index is 935. The summed E-state index contributed by atoms with van der Waals surface area (Å²) in [7, 11) is 0.